The summed E-state index contributed by atoms with van der Waals surface area (Å²) in [5.41, 5.74) is 25.7. The first-order chi connectivity index (χ1) is 16.1. The summed E-state index contributed by atoms with van der Waals surface area (Å²) >= 11 is 0. The van der Waals surface area contributed by atoms with Gasteiger partial charge in [-0.15, -0.1) is 0 Å². The molecule has 0 spiro atoms. The number of aromatic nitrogens is 3. The van der Waals surface area contributed by atoms with E-state index in [1.54, 1.807) is 24.3 Å². The van der Waals surface area contributed by atoms with E-state index in [0.717, 1.165) is 18.4 Å². The van der Waals surface area contributed by atoms with Crippen molar-refractivity contribution in [1.82, 2.24) is 15.0 Å². The molecule has 2 saturated heterocycles. The van der Waals surface area contributed by atoms with Gasteiger partial charge in [0, 0.05) is 63.1 Å². The molecule has 1 aromatic carbocycles. The van der Waals surface area contributed by atoms with Crippen LogP contribution in [0.3, 0.4) is 0 Å². The summed E-state index contributed by atoms with van der Waals surface area (Å²) in [7, 11) is -3.25. The highest BCUT2D eigenvalue weighted by Crippen LogP contribution is 2.22. The summed E-state index contributed by atoms with van der Waals surface area (Å²) in [4.78, 5) is 18.2. The number of sulfone groups is 1. The molecule has 2 aromatic rings. The third-order valence-electron chi connectivity index (χ3n) is 6.01. The lowest BCUT2D eigenvalue weighted by molar-refractivity contribution is 0.441. The van der Waals surface area contributed by atoms with Gasteiger partial charge in [0.1, 0.15) is 0 Å². The summed E-state index contributed by atoms with van der Waals surface area (Å²) in [6.07, 6.45) is 2.68. The fourth-order valence-corrected chi connectivity index (χ4v) is 5.07. The van der Waals surface area contributed by atoms with E-state index >= 15 is 0 Å². The van der Waals surface area contributed by atoms with Gasteiger partial charge < -0.3 is 38.1 Å². The molecule has 186 valence electrons. The maximum absolute atomic E-state index is 11.7. The van der Waals surface area contributed by atoms with Gasteiger partial charge in [-0.25, -0.2) is 8.42 Å². The summed E-state index contributed by atoms with van der Waals surface area (Å²) in [6, 6.07) is 6.44. The van der Waals surface area contributed by atoms with Gasteiger partial charge in [0.05, 0.1) is 4.90 Å². The van der Waals surface area contributed by atoms with E-state index in [1.165, 1.54) is 6.26 Å². The molecule has 12 nitrogen and oxygen atoms in total. The average Bonchev–Trinajstić information content (AvgIpc) is 2.76. The largest absolute Gasteiger partial charge is 0.350 e. The zero-order chi connectivity index (χ0) is 24.5. The lowest BCUT2D eigenvalue weighted by Crippen LogP contribution is -2.54. The highest BCUT2D eigenvalue weighted by atomic mass is 32.2. The molecule has 4 rings (SSSR count). The number of anilines is 3. The maximum atomic E-state index is 11.7. The molecule has 34 heavy (non-hydrogen) atoms. The second-order valence-corrected chi connectivity index (χ2v) is 11.4. The van der Waals surface area contributed by atoms with Crippen LogP contribution in [0.4, 0.5) is 17.8 Å². The highest BCUT2D eigenvalue weighted by Gasteiger charge is 2.28. The fourth-order valence-electron chi connectivity index (χ4n) is 4.44. The van der Waals surface area contributed by atoms with Gasteiger partial charge in [0.25, 0.3) is 0 Å². The van der Waals surface area contributed by atoms with Gasteiger partial charge in [0.15, 0.2) is 9.84 Å². The monoisotopic (exact) mass is 490 g/mol. The first kappa shape index (κ1) is 24.5. The van der Waals surface area contributed by atoms with Crippen LogP contribution in [0.15, 0.2) is 29.2 Å². The van der Waals surface area contributed by atoms with Crippen LogP contribution < -0.4 is 38.1 Å². The Morgan fingerprint density at radius 2 is 1.26 bits per heavy atom. The number of piperidine rings is 2. The number of benzene rings is 1. The Balaban J connectivity index is 1.59. The van der Waals surface area contributed by atoms with Crippen molar-refractivity contribution in [3.63, 3.8) is 0 Å². The molecule has 0 saturated carbocycles. The Morgan fingerprint density at radius 1 is 0.824 bits per heavy atom. The predicted octanol–water partition coefficient (Wildman–Crippen LogP) is -1.38. The first-order valence-corrected chi connectivity index (χ1v) is 13.3. The molecule has 0 bridgehead atoms. The third kappa shape index (κ3) is 6.10. The minimum atomic E-state index is -3.25. The van der Waals surface area contributed by atoms with E-state index in [0.29, 0.717) is 50.6 Å². The van der Waals surface area contributed by atoms with E-state index in [-0.39, 0.29) is 29.1 Å². The van der Waals surface area contributed by atoms with Crippen molar-refractivity contribution in [2.24, 2.45) is 22.9 Å². The summed E-state index contributed by atoms with van der Waals surface area (Å²) in [5.74, 6) is 1.39. The fraction of sp³-hybridized carbons (Fsp3) is 0.571. The summed E-state index contributed by atoms with van der Waals surface area (Å²) < 4.78 is 23.4. The van der Waals surface area contributed by atoms with Crippen LogP contribution in [0.2, 0.25) is 0 Å². The molecule has 4 atom stereocenters. The molecule has 0 unspecified atom stereocenters. The minimum absolute atomic E-state index is 0.0643. The number of nitrogens with one attached hydrogen (secondary N) is 1. The van der Waals surface area contributed by atoms with E-state index in [9.17, 15) is 8.42 Å². The van der Waals surface area contributed by atoms with Gasteiger partial charge in [-0.1, -0.05) is 12.1 Å². The van der Waals surface area contributed by atoms with E-state index in [4.69, 9.17) is 27.9 Å². The van der Waals surface area contributed by atoms with Crippen molar-refractivity contribution in [2.75, 3.05) is 47.6 Å². The van der Waals surface area contributed by atoms with Crippen molar-refractivity contribution in [2.45, 2.75) is 48.4 Å². The van der Waals surface area contributed by atoms with Crippen molar-refractivity contribution in [1.29, 1.82) is 0 Å². The predicted molar refractivity (Wildman–Crippen MR) is 132 cm³/mol. The standard InChI is InChI=1S/C21H34N10O2S/c1-34(32,33)18-4-2-13(3-5-18)8-26-19-27-20(30-9-14(22)6-15(23)10-30)29-21(28-19)31-11-16(24)7-17(25)12-31/h2-5,14-17H,6-12,22-25H2,1H3,(H,26,27,28,29)/t14-,15+,16-,17+. The van der Waals surface area contributed by atoms with Crippen LogP contribution in [0.1, 0.15) is 18.4 Å². The Labute approximate surface area is 200 Å². The maximum Gasteiger partial charge on any atom is 0.232 e. The summed E-state index contributed by atoms with van der Waals surface area (Å²) in [6.45, 7) is 2.81. The van der Waals surface area contributed by atoms with Gasteiger partial charge in [0.2, 0.25) is 17.8 Å². The van der Waals surface area contributed by atoms with E-state index < -0.39 is 9.84 Å². The van der Waals surface area contributed by atoms with Crippen molar-refractivity contribution in [3.05, 3.63) is 29.8 Å². The molecule has 2 fully saturated rings. The number of rotatable bonds is 6. The zero-order valence-corrected chi connectivity index (χ0v) is 20.2. The normalized spacial score (nSPS) is 25.9. The Hall–Kier alpha value is -2.58. The molecule has 2 aliphatic heterocycles. The average molecular weight is 491 g/mol. The Bertz CT molecular complexity index is 1030. The van der Waals surface area contributed by atoms with Crippen LogP contribution in [-0.4, -0.2) is 80.0 Å². The molecular weight excluding hydrogens is 456 g/mol. The summed E-state index contributed by atoms with van der Waals surface area (Å²) in [5, 5.41) is 3.23. The second-order valence-electron chi connectivity index (χ2n) is 9.35. The molecule has 0 radical (unpaired) electrons. The molecule has 13 heteroatoms. The second kappa shape index (κ2) is 9.96. The molecule has 1 aromatic heterocycles. The number of nitrogens with two attached hydrogens (primary N) is 4. The highest BCUT2D eigenvalue weighted by molar-refractivity contribution is 7.90. The van der Waals surface area contributed by atoms with Gasteiger partial charge in [-0.2, -0.15) is 15.0 Å². The molecule has 0 aliphatic carbocycles. The number of hydrogen-bond donors (Lipinski definition) is 5. The van der Waals surface area contributed by atoms with Gasteiger partial charge in [-0.05, 0) is 30.5 Å². The van der Waals surface area contributed by atoms with Crippen molar-refractivity contribution in [3.8, 4) is 0 Å². The minimum Gasteiger partial charge on any atom is -0.350 e. The van der Waals surface area contributed by atoms with Crippen molar-refractivity contribution >= 4 is 27.7 Å². The lowest BCUT2D eigenvalue weighted by atomic mass is 10.0. The molecule has 9 N–H and O–H groups in total. The van der Waals surface area contributed by atoms with Gasteiger partial charge in [-0.3, -0.25) is 0 Å². The van der Waals surface area contributed by atoms with Crippen LogP contribution in [-0.2, 0) is 16.4 Å². The van der Waals surface area contributed by atoms with Crippen molar-refractivity contribution < 1.29 is 8.42 Å². The van der Waals surface area contributed by atoms with E-state index in [1.807, 2.05) is 9.80 Å². The van der Waals surface area contributed by atoms with Crippen LogP contribution in [0, 0.1) is 0 Å². The quantitative estimate of drug-likeness (QED) is 0.319. The Kier molecular flexibility index (Phi) is 7.19. The Morgan fingerprint density at radius 3 is 1.68 bits per heavy atom. The lowest BCUT2D eigenvalue weighted by Gasteiger charge is -2.37. The SMILES string of the molecule is CS(=O)(=O)c1ccc(CNc2nc(N3C[C@H](N)C[C@H](N)C3)nc(N3C[C@H](N)C[C@H](N)C3)n2)cc1. The number of nitrogens with zero attached hydrogens (tertiary/aromatic N) is 5. The molecule has 0 amide bonds. The number of hydrogen-bond acceptors (Lipinski definition) is 12. The first-order valence-electron chi connectivity index (χ1n) is 11.4. The van der Waals surface area contributed by atoms with Crippen LogP contribution in [0.5, 0.6) is 0 Å². The van der Waals surface area contributed by atoms with Crippen LogP contribution >= 0.6 is 0 Å². The third-order valence-corrected chi connectivity index (χ3v) is 7.14. The molecule has 3 heterocycles. The zero-order valence-electron chi connectivity index (χ0n) is 19.3. The molecule has 2 aliphatic rings. The van der Waals surface area contributed by atoms with E-state index in [2.05, 4.69) is 15.3 Å². The smallest absolute Gasteiger partial charge is 0.232 e. The van der Waals surface area contributed by atoms with Gasteiger partial charge >= 0.3 is 0 Å². The topological polar surface area (TPSA) is 195 Å². The molecular formula is C21H34N10O2S. The van der Waals surface area contributed by atoms with Crippen LogP contribution in [0.25, 0.3) is 0 Å².